The standard InChI is InChI=1S/C14H13ClN6O3/c1-7-9(13(22)21(18-7)14-16-19-20-17-14)4-8-5-10(15)12(24-3)11(6-8)23-2/h4-6,18H,1H2,2-3H3,(H,16,17,19,20). The Balaban J connectivity index is 2.19. The van der Waals surface area contributed by atoms with Gasteiger partial charge in [0.1, 0.15) is 0 Å². The molecule has 2 N–H and O–H groups in total. The predicted octanol–water partition coefficient (Wildman–Crippen LogP) is -0.412. The molecule has 0 amide bonds. The summed E-state index contributed by atoms with van der Waals surface area (Å²) in [6.07, 6.45) is 1.63. The molecule has 2 aromatic heterocycles. The Labute approximate surface area is 140 Å². The van der Waals surface area contributed by atoms with Gasteiger partial charge in [-0.1, -0.05) is 23.3 Å². The van der Waals surface area contributed by atoms with Gasteiger partial charge in [0.2, 0.25) is 0 Å². The van der Waals surface area contributed by atoms with E-state index in [9.17, 15) is 4.79 Å². The van der Waals surface area contributed by atoms with Crippen LogP contribution in [0.5, 0.6) is 11.5 Å². The number of halogens is 1. The third kappa shape index (κ3) is 2.65. The van der Waals surface area contributed by atoms with Gasteiger partial charge in [-0.2, -0.15) is 9.90 Å². The fourth-order valence-electron chi connectivity index (χ4n) is 2.22. The molecule has 0 fully saturated rings. The second-order valence-corrected chi connectivity index (χ2v) is 5.15. The summed E-state index contributed by atoms with van der Waals surface area (Å²) >= 11 is 6.18. The molecular formula is C14H13ClN6O3. The molecule has 2 heterocycles. The maximum atomic E-state index is 12.5. The number of ether oxygens (including phenoxy) is 2. The van der Waals surface area contributed by atoms with E-state index >= 15 is 0 Å². The molecular weight excluding hydrogens is 336 g/mol. The molecule has 0 saturated carbocycles. The van der Waals surface area contributed by atoms with Crippen molar-refractivity contribution in [1.29, 1.82) is 0 Å². The number of nitrogens with one attached hydrogen (secondary N) is 2. The van der Waals surface area contributed by atoms with Crippen LogP contribution in [0, 0.1) is 0 Å². The smallest absolute Gasteiger partial charge is 0.291 e. The van der Waals surface area contributed by atoms with E-state index in [2.05, 4.69) is 32.3 Å². The number of aromatic amines is 2. The molecule has 124 valence electrons. The maximum Gasteiger partial charge on any atom is 0.291 e. The number of rotatable bonds is 4. The lowest BCUT2D eigenvalue weighted by molar-refractivity contribution is 0.355. The van der Waals surface area contributed by atoms with Crippen molar-refractivity contribution in [3.63, 3.8) is 0 Å². The van der Waals surface area contributed by atoms with Gasteiger partial charge in [0, 0.05) is 0 Å². The summed E-state index contributed by atoms with van der Waals surface area (Å²) in [6, 6.07) is 3.36. The minimum atomic E-state index is -0.368. The van der Waals surface area contributed by atoms with Crippen molar-refractivity contribution in [2.24, 2.45) is 0 Å². The van der Waals surface area contributed by atoms with Crippen molar-refractivity contribution in [2.75, 3.05) is 14.2 Å². The lowest BCUT2D eigenvalue weighted by atomic mass is 10.1. The molecule has 10 heteroatoms. The number of nitrogens with zero attached hydrogens (tertiary/aromatic N) is 4. The molecule has 0 saturated heterocycles. The van der Waals surface area contributed by atoms with Crippen LogP contribution < -0.4 is 25.6 Å². The maximum absolute atomic E-state index is 12.5. The van der Waals surface area contributed by atoms with E-state index in [4.69, 9.17) is 21.1 Å². The van der Waals surface area contributed by atoms with Gasteiger partial charge in [-0.3, -0.25) is 9.89 Å². The number of hydrogen-bond donors (Lipinski definition) is 2. The highest BCUT2D eigenvalue weighted by molar-refractivity contribution is 6.32. The summed E-state index contributed by atoms with van der Waals surface area (Å²) in [6.45, 7) is 3.82. The number of aromatic nitrogens is 6. The molecule has 0 aliphatic carbocycles. The average molecular weight is 349 g/mol. The van der Waals surface area contributed by atoms with E-state index in [1.54, 1.807) is 18.2 Å². The zero-order chi connectivity index (χ0) is 17.3. The van der Waals surface area contributed by atoms with Gasteiger partial charge in [-0.25, -0.2) is 0 Å². The van der Waals surface area contributed by atoms with Crippen LogP contribution in [0.3, 0.4) is 0 Å². The van der Waals surface area contributed by atoms with Gasteiger partial charge >= 0.3 is 0 Å². The molecule has 3 aromatic rings. The fraction of sp³-hybridized carbons (Fsp3) is 0.143. The molecule has 3 rings (SSSR count). The van der Waals surface area contributed by atoms with E-state index in [0.29, 0.717) is 32.7 Å². The predicted molar refractivity (Wildman–Crippen MR) is 87.0 cm³/mol. The third-order valence-electron chi connectivity index (χ3n) is 3.31. The van der Waals surface area contributed by atoms with Crippen molar-refractivity contribution in [1.82, 2.24) is 30.4 Å². The van der Waals surface area contributed by atoms with E-state index in [1.807, 2.05) is 0 Å². The van der Waals surface area contributed by atoms with Gasteiger partial charge in [-0.15, -0.1) is 5.10 Å². The Morgan fingerprint density at radius 3 is 2.75 bits per heavy atom. The van der Waals surface area contributed by atoms with Crippen LogP contribution in [0.25, 0.3) is 18.6 Å². The van der Waals surface area contributed by atoms with Gasteiger partial charge in [0.15, 0.2) is 11.5 Å². The van der Waals surface area contributed by atoms with Crippen LogP contribution in [0.4, 0.5) is 0 Å². The Morgan fingerprint density at radius 1 is 1.33 bits per heavy atom. The van der Waals surface area contributed by atoms with Gasteiger partial charge < -0.3 is 9.47 Å². The first-order valence-corrected chi connectivity index (χ1v) is 7.10. The van der Waals surface area contributed by atoms with Crippen LogP contribution in [0.2, 0.25) is 5.02 Å². The fourth-order valence-corrected chi connectivity index (χ4v) is 2.52. The van der Waals surface area contributed by atoms with E-state index in [1.165, 1.54) is 14.2 Å². The van der Waals surface area contributed by atoms with E-state index < -0.39 is 0 Å². The highest BCUT2D eigenvalue weighted by atomic mass is 35.5. The first-order chi connectivity index (χ1) is 11.5. The van der Waals surface area contributed by atoms with Crippen LogP contribution in [-0.2, 0) is 0 Å². The molecule has 24 heavy (non-hydrogen) atoms. The number of methoxy groups -OCH3 is 2. The zero-order valence-corrected chi connectivity index (χ0v) is 13.6. The average Bonchev–Trinajstić information content (AvgIpc) is 3.18. The number of H-pyrrole nitrogens is 2. The summed E-state index contributed by atoms with van der Waals surface area (Å²) in [5.74, 6) is 0.968. The first kappa shape index (κ1) is 15.8. The molecule has 0 unspecified atom stereocenters. The second-order valence-electron chi connectivity index (χ2n) is 4.74. The van der Waals surface area contributed by atoms with Crippen LogP contribution in [-0.4, -0.2) is 44.6 Å². The summed E-state index contributed by atoms with van der Waals surface area (Å²) in [7, 11) is 3.00. The summed E-state index contributed by atoms with van der Waals surface area (Å²) in [5.41, 5.74) is 0.284. The Hall–Kier alpha value is -3.07. The quantitative estimate of drug-likeness (QED) is 0.663. The number of hydrogen-bond acceptors (Lipinski definition) is 6. The van der Waals surface area contributed by atoms with Gasteiger partial charge in [-0.05, 0) is 29.0 Å². The van der Waals surface area contributed by atoms with Crippen LogP contribution in [0.1, 0.15) is 5.56 Å². The summed E-state index contributed by atoms with van der Waals surface area (Å²) < 4.78 is 11.6. The molecule has 0 aliphatic rings. The number of tetrazole rings is 1. The Bertz CT molecular complexity index is 1040. The van der Waals surface area contributed by atoms with Gasteiger partial charge in [0.25, 0.3) is 11.5 Å². The lowest BCUT2D eigenvalue weighted by Crippen LogP contribution is -2.34. The zero-order valence-electron chi connectivity index (χ0n) is 12.8. The van der Waals surface area contributed by atoms with E-state index in [-0.39, 0.29) is 11.5 Å². The molecule has 9 nitrogen and oxygen atoms in total. The minimum absolute atomic E-state index is 0.0925. The first-order valence-electron chi connectivity index (χ1n) is 6.72. The van der Waals surface area contributed by atoms with Crippen molar-refractivity contribution >= 4 is 24.3 Å². The SMILES string of the molecule is C=c1[nH]n(-c2nn[nH]n2)c(=O)c1=Cc1cc(Cl)c(OC)c(OC)c1. The Morgan fingerprint density at radius 2 is 2.12 bits per heavy atom. The molecule has 0 atom stereocenters. The molecule has 0 spiro atoms. The third-order valence-corrected chi connectivity index (χ3v) is 3.59. The van der Waals surface area contributed by atoms with Crippen molar-refractivity contribution < 1.29 is 9.47 Å². The lowest BCUT2D eigenvalue weighted by Gasteiger charge is -2.09. The minimum Gasteiger partial charge on any atom is -0.493 e. The monoisotopic (exact) mass is 348 g/mol. The highest BCUT2D eigenvalue weighted by Gasteiger charge is 2.12. The van der Waals surface area contributed by atoms with E-state index in [0.717, 1.165) is 4.68 Å². The molecule has 0 bridgehead atoms. The number of benzene rings is 1. The second kappa shape index (κ2) is 6.20. The Kier molecular flexibility index (Phi) is 4.09. The topological polar surface area (TPSA) is 111 Å². The van der Waals surface area contributed by atoms with Crippen molar-refractivity contribution in [3.05, 3.63) is 43.6 Å². The van der Waals surface area contributed by atoms with Gasteiger partial charge in [0.05, 0.1) is 29.8 Å². The molecule has 1 aromatic carbocycles. The summed E-state index contributed by atoms with van der Waals surface area (Å²) in [4.78, 5) is 12.5. The molecule has 0 radical (unpaired) electrons. The van der Waals surface area contributed by atoms with Crippen molar-refractivity contribution in [3.8, 4) is 17.4 Å². The molecule has 0 aliphatic heterocycles. The highest BCUT2D eigenvalue weighted by Crippen LogP contribution is 2.36. The van der Waals surface area contributed by atoms with Crippen LogP contribution in [0.15, 0.2) is 16.9 Å². The largest absolute Gasteiger partial charge is 0.493 e. The van der Waals surface area contributed by atoms with Crippen LogP contribution >= 0.6 is 11.6 Å². The van der Waals surface area contributed by atoms with Crippen molar-refractivity contribution in [2.45, 2.75) is 0 Å². The normalized spacial score (nSPS) is 11.7. The summed E-state index contributed by atoms with van der Waals surface area (Å²) in [5, 5.41) is 17.1.